The van der Waals surface area contributed by atoms with Gasteiger partial charge in [-0.05, 0) is 56.0 Å². The molecule has 3 rings (SSSR count). The van der Waals surface area contributed by atoms with Crippen LogP contribution in [0.2, 0.25) is 0 Å². The number of fused-ring (bicyclic) bond motifs is 1. The third-order valence-corrected chi connectivity index (χ3v) is 4.65. The molecule has 2 N–H and O–H groups in total. The van der Waals surface area contributed by atoms with Crippen LogP contribution in [-0.4, -0.2) is 32.2 Å². The van der Waals surface area contributed by atoms with Gasteiger partial charge in [-0.25, -0.2) is 0 Å². The van der Waals surface area contributed by atoms with Gasteiger partial charge in [-0.15, -0.1) is 0 Å². The first-order valence-electron chi connectivity index (χ1n) is 8.66. The van der Waals surface area contributed by atoms with Crippen LogP contribution in [0.3, 0.4) is 0 Å². The van der Waals surface area contributed by atoms with Gasteiger partial charge in [-0.3, -0.25) is 4.79 Å². The van der Waals surface area contributed by atoms with E-state index in [9.17, 15) is 4.79 Å². The molecule has 5 heteroatoms. The largest absolute Gasteiger partial charge is 0.486 e. The summed E-state index contributed by atoms with van der Waals surface area (Å²) in [6.45, 7) is 5.39. The highest BCUT2D eigenvalue weighted by Crippen LogP contribution is 2.33. The Bertz CT molecular complexity index is 541. The summed E-state index contributed by atoms with van der Waals surface area (Å²) < 4.78 is 11.2. The van der Waals surface area contributed by atoms with Gasteiger partial charge < -0.3 is 20.1 Å². The fourth-order valence-corrected chi connectivity index (χ4v) is 3.26. The summed E-state index contributed by atoms with van der Waals surface area (Å²) >= 11 is 0. The van der Waals surface area contributed by atoms with Gasteiger partial charge >= 0.3 is 0 Å². The monoisotopic (exact) mass is 318 g/mol. The highest BCUT2D eigenvalue weighted by molar-refractivity contribution is 5.76. The molecule has 2 aliphatic rings. The zero-order valence-electron chi connectivity index (χ0n) is 13.8. The van der Waals surface area contributed by atoms with Crippen LogP contribution >= 0.6 is 0 Å². The lowest BCUT2D eigenvalue weighted by atomic mass is 10.0. The molecule has 1 saturated heterocycles. The predicted molar refractivity (Wildman–Crippen MR) is 88.8 cm³/mol. The molecule has 1 amide bonds. The Labute approximate surface area is 137 Å². The number of carbonyl (C=O) groups excluding carboxylic acids is 1. The third-order valence-electron chi connectivity index (χ3n) is 4.65. The molecule has 0 aliphatic carbocycles. The maximum Gasteiger partial charge on any atom is 0.220 e. The molecule has 2 unspecified atom stereocenters. The number of rotatable bonds is 6. The summed E-state index contributed by atoms with van der Waals surface area (Å²) in [7, 11) is 0. The van der Waals surface area contributed by atoms with Crippen LogP contribution in [0.4, 0.5) is 0 Å². The molecule has 1 aromatic rings. The van der Waals surface area contributed by atoms with E-state index in [2.05, 4.69) is 17.6 Å². The molecule has 0 aromatic heterocycles. The first-order chi connectivity index (χ1) is 11.3. The average Bonchev–Trinajstić information content (AvgIpc) is 3.11. The van der Waals surface area contributed by atoms with Gasteiger partial charge in [0.15, 0.2) is 11.5 Å². The number of hydrogen-bond acceptors (Lipinski definition) is 4. The summed E-state index contributed by atoms with van der Waals surface area (Å²) in [4.78, 5) is 12.2. The van der Waals surface area contributed by atoms with Crippen molar-refractivity contribution in [3.63, 3.8) is 0 Å². The molecule has 2 aliphatic heterocycles. The van der Waals surface area contributed by atoms with E-state index in [1.165, 1.54) is 6.42 Å². The van der Waals surface area contributed by atoms with Gasteiger partial charge in [0.25, 0.3) is 0 Å². The second kappa shape index (κ2) is 7.68. The Morgan fingerprint density at radius 1 is 1.35 bits per heavy atom. The molecule has 0 radical (unpaired) electrons. The molecule has 2 atom stereocenters. The molecular weight excluding hydrogens is 292 g/mol. The van der Waals surface area contributed by atoms with Gasteiger partial charge in [0.2, 0.25) is 5.91 Å². The quantitative estimate of drug-likeness (QED) is 0.846. The van der Waals surface area contributed by atoms with Crippen molar-refractivity contribution in [2.45, 2.75) is 38.6 Å². The van der Waals surface area contributed by atoms with Crippen LogP contribution in [0.25, 0.3) is 0 Å². The lowest BCUT2D eigenvalue weighted by molar-refractivity contribution is -0.122. The number of amides is 1. The number of ether oxygens (including phenoxy) is 2. The highest BCUT2D eigenvalue weighted by Gasteiger charge is 2.19. The lowest BCUT2D eigenvalue weighted by Gasteiger charge is -2.22. The van der Waals surface area contributed by atoms with Crippen molar-refractivity contribution in [1.82, 2.24) is 10.6 Å². The van der Waals surface area contributed by atoms with Crippen molar-refractivity contribution >= 4 is 5.91 Å². The summed E-state index contributed by atoms with van der Waals surface area (Å²) in [6.07, 6.45) is 3.62. The average molecular weight is 318 g/mol. The smallest absolute Gasteiger partial charge is 0.220 e. The van der Waals surface area contributed by atoms with Crippen molar-refractivity contribution in [1.29, 1.82) is 0 Å². The molecule has 23 heavy (non-hydrogen) atoms. The van der Waals surface area contributed by atoms with Crippen LogP contribution < -0.4 is 20.1 Å². The summed E-state index contributed by atoms with van der Waals surface area (Å²) in [5.41, 5.74) is 1.08. The first-order valence-corrected chi connectivity index (χ1v) is 8.66. The van der Waals surface area contributed by atoms with E-state index in [1.54, 1.807) is 0 Å². The number of hydrogen-bond donors (Lipinski definition) is 2. The van der Waals surface area contributed by atoms with Crippen LogP contribution in [0.15, 0.2) is 18.2 Å². The fraction of sp³-hybridized carbons (Fsp3) is 0.611. The zero-order chi connectivity index (χ0) is 16.1. The number of carbonyl (C=O) groups is 1. The standard InChI is InChI=1S/C18H26N2O3/c1-2-15(20-18(21)6-3-13-7-8-19-12-13)14-4-5-16-17(11-14)23-10-9-22-16/h4-5,11,13,15,19H,2-3,6-10,12H2,1H3,(H,20,21). The summed E-state index contributed by atoms with van der Waals surface area (Å²) in [5, 5.41) is 6.50. The Hall–Kier alpha value is -1.75. The fourth-order valence-electron chi connectivity index (χ4n) is 3.26. The highest BCUT2D eigenvalue weighted by atomic mass is 16.6. The molecule has 126 valence electrons. The Morgan fingerprint density at radius 3 is 2.91 bits per heavy atom. The second-order valence-electron chi connectivity index (χ2n) is 6.33. The van der Waals surface area contributed by atoms with Gasteiger partial charge in [-0.1, -0.05) is 13.0 Å². The van der Waals surface area contributed by atoms with Gasteiger partial charge in [0.05, 0.1) is 6.04 Å². The Morgan fingerprint density at radius 2 is 2.17 bits per heavy atom. The Kier molecular flexibility index (Phi) is 5.39. The minimum Gasteiger partial charge on any atom is -0.486 e. The molecule has 0 spiro atoms. The molecule has 0 saturated carbocycles. The van der Waals surface area contributed by atoms with Crippen LogP contribution in [0.1, 0.15) is 44.2 Å². The van der Waals surface area contributed by atoms with Crippen molar-refractivity contribution in [2.24, 2.45) is 5.92 Å². The van der Waals surface area contributed by atoms with Gasteiger partial charge in [0.1, 0.15) is 13.2 Å². The third kappa shape index (κ3) is 4.16. The maximum atomic E-state index is 12.2. The topological polar surface area (TPSA) is 59.6 Å². The predicted octanol–water partition coefficient (Wildman–Crippen LogP) is 2.41. The normalized spacial score (nSPS) is 21.0. The van der Waals surface area contributed by atoms with Crippen molar-refractivity contribution < 1.29 is 14.3 Å². The van der Waals surface area contributed by atoms with Gasteiger partial charge in [0, 0.05) is 6.42 Å². The number of benzene rings is 1. The van der Waals surface area contributed by atoms with Crippen LogP contribution in [0, 0.1) is 5.92 Å². The van der Waals surface area contributed by atoms with Crippen molar-refractivity contribution in [3.8, 4) is 11.5 Å². The van der Waals surface area contributed by atoms with E-state index < -0.39 is 0 Å². The number of nitrogens with one attached hydrogen (secondary N) is 2. The molecule has 2 heterocycles. The van der Waals surface area contributed by atoms with E-state index in [4.69, 9.17) is 9.47 Å². The molecular formula is C18H26N2O3. The van der Waals surface area contributed by atoms with Crippen molar-refractivity contribution in [2.75, 3.05) is 26.3 Å². The second-order valence-corrected chi connectivity index (χ2v) is 6.33. The summed E-state index contributed by atoms with van der Waals surface area (Å²) in [6, 6.07) is 5.97. The Balaban J connectivity index is 1.57. The van der Waals surface area contributed by atoms with E-state index >= 15 is 0 Å². The maximum absolute atomic E-state index is 12.2. The summed E-state index contributed by atoms with van der Waals surface area (Å²) in [5.74, 6) is 2.35. The molecule has 1 aromatic carbocycles. The first kappa shape index (κ1) is 16.1. The van der Waals surface area contributed by atoms with Crippen molar-refractivity contribution in [3.05, 3.63) is 23.8 Å². The molecule has 5 nitrogen and oxygen atoms in total. The SMILES string of the molecule is CCC(NC(=O)CCC1CCNC1)c1ccc2c(c1)OCCO2. The van der Waals surface area contributed by atoms with Gasteiger partial charge in [-0.2, -0.15) is 0 Å². The molecule has 0 bridgehead atoms. The molecule has 1 fully saturated rings. The van der Waals surface area contributed by atoms with Crippen LogP contribution in [0.5, 0.6) is 11.5 Å². The zero-order valence-corrected chi connectivity index (χ0v) is 13.8. The van der Waals surface area contributed by atoms with E-state index in [1.807, 2.05) is 18.2 Å². The van der Waals surface area contributed by atoms with E-state index in [0.29, 0.717) is 25.6 Å². The van der Waals surface area contributed by atoms with E-state index in [-0.39, 0.29) is 11.9 Å². The lowest BCUT2D eigenvalue weighted by Crippen LogP contribution is -2.28. The minimum atomic E-state index is 0.0278. The van der Waals surface area contributed by atoms with Crippen LogP contribution in [-0.2, 0) is 4.79 Å². The minimum absolute atomic E-state index is 0.0278. The van der Waals surface area contributed by atoms with E-state index in [0.717, 1.165) is 43.0 Å².